The number of aromatic nitrogens is 1. The molecule has 0 bridgehead atoms. The summed E-state index contributed by atoms with van der Waals surface area (Å²) in [7, 11) is 0. The van der Waals surface area contributed by atoms with Gasteiger partial charge >= 0.3 is 0 Å². The van der Waals surface area contributed by atoms with E-state index < -0.39 is 0 Å². The largest absolute Gasteiger partial charge is 0.342 e. The summed E-state index contributed by atoms with van der Waals surface area (Å²) in [4.78, 5) is 40.0. The van der Waals surface area contributed by atoms with E-state index in [2.05, 4.69) is 4.98 Å². The van der Waals surface area contributed by atoms with Crippen LogP contribution in [0, 0.1) is 6.92 Å². The summed E-state index contributed by atoms with van der Waals surface area (Å²) in [6.07, 6.45) is 0.791. The van der Waals surface area contributed by atoms with Gasteiger partial charge in [0.2, 0.25) is 12.0 Å². The average Bonchev–Trinajstić information content (AvgIpc) is 2.37. The average molecular weight is 249 g/mol. The van der Waals surface area contributed by atoms with E-state index in [0.717, 1.165) is 6.41 Å². The van der Waals surface area contributed by atoms with E-state index in [9.17, 15) is 14.4 Å². The summed E-state index contributed by atoms with van der Waals surface area (Å²) in [5.41, 5.74) is 0.790. The first kappa shape index (κ1) is 12.3. The first-order valence-corrected chi connectivity index (χ1v) is 5.80. The van der Waals surface area contributed by atoms with Crippen molar-refractivity contribution in [1.29, 1.82) is 0 Å². The fourth-order valence-corrected chi connectivity index (χ4v) is 2.02. The highest BCUT2D eigenvalue weighted by Crippen LogP contribution is 2.07. The third kappa shape index (κ3) is 2.58. The van der Waals surface area contributed by atoms with Gasteiger partial charge in [-0.2, -0.15) is 0 Å². The number of aromatic amines is 1. The van der Waals surface area contributed by atoms with E-state index >= 15 is 0 Å². The number of rotatable bonds is 2. The third-order valence-electron chi connectivity index (χ3n) is 2.98. The third-order valence-corrected chi connectivity index (χ3v) is 2.98. The van der Waals surface area contributed by atoms with E-state index in [4.69, 9.17) is 0 Å². The van der Waals surface area contributed by atoms with Gasteiger partial charge in [-0.25, -0.2) is 0 Å². The van der Waals surface area contributed by atoms with Gasteiger partial charge in [-0.15, -0.1) is 0 Å². The number of amides is 2. The Bertz CT molecular complexity index is 516. The predicted molar refractivity (Wildman–Crippen MR) is 65.3 cm³/mol. The molecule has 0 aliphatic carbocycles. The van der Waals surface area contributed by atoms with Gasteiger partial charge in [0.15, 0.2) is 0 Å². The minimum atomic E-state index is -0.273. The van der Waals surface area contributed by atoms with Crippen molar-refractivity contribution in [3.8, 4) is 0 Å². The summed E-state index contributed by atoms with van der Waals surface area (Å²) in [5.74, 6) is -0.158. The van der Waals surface area contributed by atoms with Crippen LogP contribution >= 0.6 is 0 Å². The standard InChI is InChI=1S/C12H15N3O3/c1-9-6-10(7-11(17)13-9)12(18)15-4-2-14(8-16)3-5-15/h6-8H,2-5H2,1H3,(H,13,17). The van der Waals surface area contributed by atoms with Gasteiger partial charge in [-0.05, 0) is 13.0 Å². The van der Waals surface area contributed by atoms with Gasteiger partial charge in [0.05, 0.1) is 0 Å². The lowest BCUT2D eigenvalue weighted by atomic mass is 10.2. The van der Waals surface area contributed by atoms with Gasteiger partial charge in [0.25, 0.3) is 5.91 Å². The van der Waals surface area contributed by atoms with E-state index in [1.165, 1.54) is 6.07 Å². The summed E-state index contributed by atoms with van der Waals surface area (Å²) in [5, 5.41) is 0. The summed E-state index contributed by atoms with van der Waals surface area (Å²) < 4.78 is 0. The molecule has 2 amide bonds. The molecule has 2 rings (SSSR count). The van der Waals surface area contributed by atoms with Crippen molar-refractivity contribution in [1.82, 2.24) is 14.8 Å². The molecule has 0 saturated carbocycles. The van der Waals surface area contributed by atoms with Crippen LogP contribution in [0.1, 0.15) is 16.1 Å². The second kappa shape index (κ2) is 5.03. The molecule has 2 heterocycles. The van der Waals surface area contributed by atoms with Gasteiger partial charge in [-0.1, -0.05) is 0 Å². The molecule has 1 aromatic heterocycles. The molecule has 6 heteroatoms. The number of carbonyl (C=O) groups excluding carboxylic acids is 2. The molecule has 0 spiro atoms. The number of hydrogen-bond donors (Lipinski definition) is 1. The highest BCUT2D eigenvalue weighted by molar-refractivity contribution is 5.94. The lowest BCUT2D eigenvalue weighted by Gasteiger charge is -2.32. The van der Waals surface area contributed by atoms with E-state index in [0.29, 0.717) is 37.4 Å². The van der Waals surface area contributed by atoms with Gasteiger partial charge < -0.3 is 14.8 Å². The fourth-order valence-electron chi connectivity index (χ4n) is 2.02. The minimum absolute atomic E-state index is 0.158. The Morgan fingerprint density at radius 1 is 1.28 bits per heavy atom. The number of piperazine rings is 1. The fraction of sp³-hybridized carbons (Fsp3) is 0.417. The van der Waals surface area contributed by atoms with Crippen molar-refractivity contribution in [3.63, 3.8) is 0 Å². The van der Waals surface area contributed by atoms with Crippen molar-refractivity contribution >= 4 is 12.3 Å². The molecule has 0 unspecified atom stereocenters. The molecule has 1 aliphatic heterocycles. The smallest absolute Gasteiger partial charge is 0.254 e. The van der Waals surface area contributed by atoms with Gasteiger partial charge in [0.1, 0.15) is 0 Å². The summed E-state index contributed by atoms with van der Waals surface area (Å²) in [6, 6.07) is 2.97. The molecule has 1 fully saturated rings. The maximum atomic E-state index is 12.2. The monoisotopic (exact) mass is 249 g/mol. The second-order valence-electron chi connectivity index (χ2n) is 4.35. The molecule has 1 aliphatic rings. The Morgan fingerprint density at radius 2 is 1.94 bits per heavy atom. The summed E-state index contributed by atoms with van der Waals surface area (Å²) in [6.45, 7) is 3.82. The van der Waals surface area contributed by atoms with Crippen molar-refractivity contribution in [2.75, 3.05) is 26.2 Å². The Balaban J connectivity index is 2.12. The van der Waals surface area contributed by atoms with Crippen LogP contribution < -0.4 is 5.56 Å². The molecule has 0 atom stereocenters. The SMILES string of the molecule is Cc1cc(C(=O)N2CCN(C=O)CC2)cc(=O)[nH]1. The van der Waals surface area contributed by atoms with Crippen LogP contribution in [-0.4, -0.2) is 53.3 Å². The van der Waals surface area contributed by atoms with E-state index in [-0.39, 0.29) is 11.5 Å². The van der Waals surface area contributed by atoms with Crippen LogP contribution in [-0.2, 0) is 4.79 Å². The molecule has 96 valence electrons. The number of hydrogen-bond acceptors (Lipinski definition) is 3. The molecular weight excluding hydrogens is 234 g/mol. The first-order chi connectivity index (χ1) is 8.60. The molecule has 18 heavy (non-hydrogen) atoms. The Kier molecular flexibility index (Phi) is 3.45. The first-order valence-electron chi connectivity index (χ1n) is 5.80. The minimum Gasteiger partial charge on any atom is -0.342 e. The maximum Gasteiger partial charge on any atom is 0.254 e. The van der Waals surface area contributed by atoms with E-state index in [1.807, 2.05) is 0 Å². The number of pyridine rings is 1. The maximum absolute atomic E-state index is 12.2. The number of aryl methyl sites for hydroxylation is 1. The number of carbonyl (C=O) groups is 2. The topological polar surface area (TPSA) is 73.5 Å². The molecule has 0 aromatic carbocycles. The van der Waals surface area contributed by atoms with Crippen molar-refractivity contribution in [2.24, 2.45) is 0 Å². The number of H-pyrrole nitrogens is 1. The Labute approximate surface area is 104 Å². The molecular formula is C12H15N3O3. The molecule has 0 radical (unpaired) electrons. The quantitative estimate of drug-likeness (QED) is 0.725. The van der Waals surface area contributed by atoms with Crippen molar-refractivity contribution in [2.45, 2.75) is 6.92 Å². The highest BCUT2D eigenvalue weighted by Gasteiger charge is 2.21. The zero-order valence-electron chi connectivity index (χ0n) is 10.2. The highest BCUT2D eigenvalue weighted by atomic mass is 16.2. The lowest BCUT2D eigenvalue weighted by Crippen LogP contribution is -2.48. The van der Waals surface area contributed by atoms with Crippen LogP contribution in [0.5, 0.6) is 0 Å². The van der Waals surface area contributed by atoms with Crippen molar-refractivity contribution < 1.29 is 9.59 Å². The molecule has 1 N–H and O–H groups in total. The molecule has 1 aromatic rings. The predicted octanol–water partition coefficient (Wildman–Crippen LogP) is -0.402. The van der Waals surface area contributed by atoms with Crippen LogP contribution in [0.4, 0.5) is 0 Å². The molecule has 6 nitrogen and oxygen atoms in total. The normalized spacial score (nSPS) is 15.6. The number of nitrogens with one attached hydrogen (secondary N) is 1. The zero-order chi connectivity index (χ0) is 13.1. The van der Waals surface area contributed by atoms with Gasteiger partial charge in [0, 0.05) is 43.5 Å². The van der Waals surface area contributed by atoms with Crippen molar-refractivity contribution in [3.05, 3.63) is 33.7 Å². The second-order valence-corrected chi connectivity index (χ2v) is 4.35. The van der Waals surface area contributed by atoms with Crippen LogP contribution in [0.2, 0.25) is 0 Å². The lowest BCUT2D eigenvalue weighted by molar-refractivity contribution is -0.119. The van der Waals surface area contributed by atoms with Crippen LogP contribution in [0.25, 0.3) is 0 Å². The van der Waals surface area contributed by atoms with Crippen LogP contribution in [0.3, 0.4) is 0 Å². The Morgan fingerprint density at radius 3 is 2.50 bits per heavy atom. The summed E-state index contributed by atoms with van der Waals surface area (Å²) >= 11 is 0. The Hall–Kier alpha value is -2.11. The van der Waals surface area contributed by atoms with Gasteiger partial charge in [-0.3, -0.25) is 14.4 Å². The van der Waals surface area contributed by atoms with Crippen LogP contribution in [0.15, 0.2) is 16.9 Å². The zero-order valence-corrected chi connectivity index (χ0v) is 10.2. The molecule has 1 saturated heterocycles. The van der Waals surface area contributed by atoms with E-state index in [1.54, 1.807) is 22.8 Å². The number of nitrogens with zero attached hydrogens (tertiary/aromatic N) is 2.